The normalized spacial score (nSPS) is 11.9. The molecular formula is C12H17NS. The third-order valence-electron chi connectivity index (χ3n) is 1.98. The van der Waals surface area contributed by atoms with Gasteiger partial charge in [-0.1, -0.05) is 24.6 Å². The molecule has 0 aliphatic heterocycles. The molecule has 0 saturated carbocycles. The van der Waals surface area contributed by atoms with Crippen molar-refractivity contribution in [2.75, 3.05) is 5.75 Å². The SMILES string of the molecule is CCSC(C)=Nc1ccc(C)cc1C. The number of hydrogen-bond acceptors (Lipinski definition) is 2. The van der Waals surface area contributed by atoms with Gasteiger partial charge in [0, 0.05) is 0 Å². The van der Waals surface area contributed by atoms with E-state index in [-0.39, 0.29) is 0 Å². The molecule has 0 heterocycles. The summed E-state index contributed by atoms with van der Waals surface area (Å²) in [7, 11) is 0. The van der Waals surface area contributed by atoms with Gasteiger partial charge >= 0.3 is 0 Å². The third-order valence-corrected chi connectivity index (χ3v) is 2.78. The van der Waals surface area contributed by atoms with Gasteiger partial charge in [-0.25, -0.2) is 4.99 Å². The van der Waals surface area contributed by atoms with Gasteiger partial charge in [0.1, 0.15) is 0 Å². The molecule has 0 unspecified atom stereocenters. The van der Waals surface area contributed by atoms with Crippen LogP contribution >= 0.6 is 11.8 Å². The summed E-state index contributed by atoms with van der Waals surface area (Å²) in [4.78, 5) is 4.57. The molecule has 76 valence electrons. The first-order chi connectivity index (χ1) is 6.63. The van der Waals surface area contributed by atoms with Crippen molar-refractivity contribution in [3.05, 3.63) is 29.3 Å². The smallest absolute Gasteiger partial charge is 0.0707 e. The van der Waals surface area contributed by atoms with Crippen molar-refractivity contribution in [2.45, 2.75) is 27.7 Å². The van der Waals surface area contributed by atoms with Crippen molar-refractivity contribution in [2.24, 2.45) is 4.99 Å². The van der Waals surface area contributed by atoms with E-state index in [1.165, 1.54) is 11.1 Å². The van der Waals surface area contributed by atoms with Crippen molar-refractivity contribution < 1.29 is 0 Å². The van der Waals surface area contributed by atoms with E-state index in [1.54, 1.807) is 11.8 Å². The molecule has 0 aliphatic carbocycles. The van der Waals surface area contributed by atoms with Crippen LogP contribution in [0.2, 0.25) is 0 Å². The van der Waals surface area contributed by atoms with E-state index >= 15 is 0 Å². The predicted molar refractivity (Wildman–Crippen MR) is 66.8 cm³/mol. The number of hydrogen-bond donors (Lipinski definition) is 0. The molecule has 0 amide bonds. The Labute approximate surface area is 90.6 Å². The van der Waals surface area contributed by atoms with Crippen LogP contribution in [-0.2, 0) is 0 Å². The largest absolute Gasteiger partial charge is 0.247 e. The standard InChI is InChI=1S/C12H17NS/c1-5-14-11(4)13-12-7-6-9(2)8-10(12)3/h6-8H,5H2,1-4H3. The average Bonchev–Trinajstić information content (AvgIpc) is 2.10. The Hall–Kier alpha value is -0.760. The molecule has 2 heteroatoms. The summed E-state index contributed by atoms with van der Waals surface area (Å²) in [6.45, 7) is 8.42. The molecule has 0 bridgehead atoms. The van der Waals surface area contributed by atoms with Gasteiger partial charge in [-0.2, -0.15) is 0 Å². The van der Waals surface area contributed by atoms with Gasteiger partial charge in [-0.3, -0.25) is 0 Å². The van der Waals surface area contributed by atoms with Gasteiger partial charge in [-0.15, -0.1) is 11.8 Å². The second-order valence-electron chi connectivity index (χ2n) is 3.35. The van der Waals surface area contributed by atoms with E-state index in [4.69, 9.17) is 0 Å². The Kier molecular flexibility index (Phi) is 4.21. The fourth-order valence-electron chi connectivity index (χ4n) is 1.34. The highest BCUT2D eigenvalue weighted by Crippen LogP contribution is 2.21. The first-order valence-electron chi connectivity index (χ1n) is 4.89. The zero-order chi connectivity index (χ0) is 10.6. The highest BCUT2D eigenvalue weighted by atomic mass is 32.2. The number of aryl methyl sites for hydroxylation is 2. The van der Waals surface area contributed by atoms with Crippen LogP contribution < -0.4 is 0 Å². The Morgan fingerprint density at radius 2 is 2.07 bits per heavy atom. The minimum Gasteiger partial charge on any atom is -0.247 e. The van der Waals surface area contributed by atoms with Crippen molar-refractivity contribution in [3.8, 4) is 0 Å². The summed E-state index contributed by atoms with van der Waals surface area (Å²) in [6, 6.07) is 6.36. The molecule has 0 aromatic heterocycles. The summed E-state index contributed by atoms with van der Waals surface area (Å²) in [5, 5.41) is 1.14. The number of rotatable bonds is 2. The minimum absolute atomic E-state index is 1.08. The van der Waals surface area contributed by atoms with Crippen LogP contribution in [0.3, 0.4) is 0 Å². The summed E-state index contributed by atoms with van der Waals surface area (Å²) >= 11 is 1.79. The summed E-state index contributed by atoms with van der Waals surface area (Å²) < 4.78 is 0. The lowest BCUT2D eigenvalue weighted by molar-refractivity contribution is 1.35. The second-order valence-corrected chi connectivity index (χ2v) is 4.81. The van der Waals surface area contributed by atoms with Gasteiger partial charge in [0.25, 0.3) is 0 Å². The Morgan fingerprint density at radius 1 is 1.36 bits per heavy atom. The fraction of sp³-hybridized carbons (Fsp3) is 0.417. The molecule has 0 radical (unpaired) electrons. The molecule has 1 aromatic carbocycles. The molecule has 0 atom stereocenters. The Morgan fingerprint density at radius 3 is 2.64 bits per heavy atom. The highest BCUT2D eigenvalue weighted by Gasteiger charge is 1.97. The third kappa shape index (κ3) is 3.18. The average molecular weight is 207 g/mol. The van der Waals surface area contributed by atoms with E-state index in [0.29, 0.717) is 0 Å². The first-order valence-corrected chi connectivity index (χ1v) is 5.87. The van der Waals surface area contributed by atoms with Crippen LogP contribution in [0.5, 0.6) is 0 Å². The molecule has 0 spiro atoms. The van der Waals surface area contributed by atoms with Crippen LogP contribution in [0, 0.1) is 13.8 Å². The quantitative estimate of drug-likeness (QED) is 0.525. The molecule has 1 rings (SSSR count). The van der Waals surface area contributed by atoms with Gasteiger partial charge in [0.2, 0.25) is 0 Å². The van der Waals surface area contributed by atoms with E-state index in [9.17, 15) is 0 Å². The van der Waals surface area contributed by atoms with Gasteiger partial charge in [0.15, 0.2) is 0 Å². The topological polar surface area (TPSA) is 12.4 Å². The molecule has 0 N–H and O–H groups in total. The van der Waals surface area contributed by atoms with E-state index < -0.39 is 0 Å². The Bertz CT molecular complexity index is 342. The molecular weight excluding hydrogens is 190 g/mol. The van der Waals surface area contributed by atoms with Crippen molar-refractivity contribution >= 4 is 22.5 Å². The lowest BCUT2D eigenvalue weighted by Gasteiger charge is -2.03. The summed E-state index contributed by atoms with van der Waals surface area (Å²) in [5.74, 6) is 1.08. The van der Waals surface area contributed by atoms with Crippen LogP contribution in [0.25, 0.3) is 0 Å². The van der Waals surface area contributed by atoms with Crippen molar-refractivity contribution in [1.29, 1.82) is 0 Å². The molecule has 0 aliphatic rings. The summed E-state index contributed by atoms with van der Waals surface area (Å²) in [5.41, 5.74) is 3.64. The van der Waals surface area contributed by atoms with Crippen LogP contribution in [0.4, 0.5) is 5.69 Å². The van der Waals surface area contributed by atoms with Gasteiger partial charge in [0.05, 0.1) is 10.7 Å². The Balaban J connectivity index is 2.91. The van der Waals surface area contributed by atoms with Gasteiger partial charge < -0.3 is 0 Å². The van der Waals surface area contributed by atoms with E-state index in [1.807, 2.05) is 0 Å². The predicted octanol–water partition coefficient (Wildman–Crippen LogP) is 4.11. The zero-order valence-electron chi connectivity index (χ0n) is 9.29. The lowest BCUT2D eigenvalue weighted by atomic mass is 10.1. The van der Waals surface area contributed by atoms with E-state index in [0.717, 1.165) is 16.5 Å². The van der Waals surface area contributed by atoms with Crippen LogP contribution in [0.15, 0.2) is 23.2 Å². The monoisotopic (exact) mass is 207 g/mol. The highest BCUT2D eigenvalue weighted by molar-refractivity contribution is 8.13. The second kappa shape index (κ2) is 5.20. The zero-order valence-corrected chi connectivity index (χ0v) is 10.1. The van der Waals surface area contributed by atoms with Crippen LogP contribution in [0.1, 0.15) is 25.0 Å². The van der Waals surface area contributed by atoms with Crippen molar-refractivity contribution in [1.82, 2.24) is 0 Å². The number of aliphatic imine (C=N–C) groups is 1. The maximum Gasteiger partial charge on any atom is 0.0707 e. The maximum atomic E-state index is 4.57. The number of thioether (sulfide) groups is 1. The number of benzene rings is 1. The number of nitrogens with zero attached hydrogens (tertiary/aromatic N) is 1. The maximum absolute atomic E-state index is 4.57. The molecule has 0 saturated heterocycles. The van der Waals surface area contributed by atoms with E-state index in [2.05, 4.69) is 50.9 Å². The minimum atomic E-state index is 1.08. The first kappa shape index (κ1) is 11.3. The molecule has 14 heavy (non-hydrogen) atoms. The van der Waals surface area contributed by atoms with Crippen molar-refractivity contribution in [3.63, 3.8) is 0 Å². The molecule has 1 aromatic rings. The van der Waals surface area contributed by atoms with Crippen LogP contribution in [-0.4, -0.2) is 10.8 Å². The fourth-order valence-corrected chi connectivity index (χ4v) is 1.92. The molecule has 0 fully saturated rings. The molecule has 1 nitrogen and oxygen atoms in total. The van der Waals surface area contributed by atoms with Gasteiger partial charge in [-0.05, 0) is 38.2 Å². The summed E-state index contributed by atoms with van der Waals surface area (Å²) in [6.07, 6.45) is 0. The lowest BCUT2D eigenvalue weighted by Crippen LogP contribution is -1.85.